The van der Waals surface area contributed by atoms with Crippen molar-refractivity contribution in [2.24, 2.45) is 0 Å². The summed E-state index contributed by atoms with van der Waals surface area (Å²) in [6.07, 6.45) is 0. The first-order chi connectivity index (χ1) is 10.9. The minimum absolute atomic E-state index is 0.0534. The molecule has 5 nitrogen and oxygen atoms in total. The van der Waals surface area contributed by atoms with Gasteiger partial charge >= 0.3 is 5.97 Å². The molecule has 23 heavy (non-hydrogen) atoms. The van der Waals surface area contributed by atoms with E-state index < -0.39 is 11.9 Å². The van der Waals surface area contributed by atoms with Crippen molar-refractivity contribution in [3.05, 3.63) is 58.1 Å². The van der Waals surface area contributed by atoms with E-state index in [1.807, 2.05) is 0 Å². The van der Waals surface area contributed by atoms with Gasteiger partial charge in [-0.25, -0.2) is 4.79 Å². The molecule has 6 heteroatoms. The van der Waals surface area contributed by atoms with Crippen molar-refractivity contribution in [3.8, 4) is 5.75 Å². The van der Waals surface area contributed by atoms with Crippen molar-refractivity contribution in [2.75, 3.05) is 11.9 Å². The molecular weight excluding hydrogens is 318 g/mol. The Labute approximate surface area is 138 Å². The number of hydrogen-bond donors (Lipinski definition) is 2. The number of rotatable bonds is 4. The molecule has 0 unspecified atom stereocenters. The highest BCUT2D eigenvalue weighted by atomic mass is 35.5. The van der Waals surface area contributed by atoms with Gasteiger partial charge in [0.1, 0.15) is 11.3 Å². The summed E-state index contributed by atoms with van der Waals surface area (Å²) in [6, 6.07) is 9.19. The smallest absolute Gasteiger partial charge is 0.341 e. The first-order valence-corrected chi connectivity index (χ1v) is 7.38. The summed E-state index contributed by atoms with van der Waals surface area (Å²) < 4.78 is 4.85. The predicted molar refractivity (Wildman–Crippen MR) is 88.2 cm³/mol. The van der Waals surface area contributed by atoms with Crippen LogP contribution in [0.15, 0.2) is 36.4 Å². The number of anilines is 1. The van der Waals surface area contributed by atoms with E-state index in [2.05, 4.69) is 5.32 Å². The molecule has 0 fully saturated rings. The number of benzene rings is 2. The number of amides is 1. The molecule has 0 atom stereocenters. The van der Waals surface area contributed by atoms with Gasteiger partial charge in [0.05, 0.1) is 6.61 Å². The highest BCUT2D eigenvalue weighted by Gasteiger charge is 2.16. The SMILES string of the molecule is CCOC(=O)c1cc(C(=O)Nc2cccc(Cl)c2C)ccc1O. The summed E-state index contributed by atoms with van der Waals surface area (Å²) >= 11 is 6.02. The molecule has 0 aliphatic heterocycles. The fraction of sp³-hybridized carbons (Fsp3) is 0.176. The average molecular weight is 334 g/mol. The molecule has 0 aromatic heterocycles. The Morgan fingerprint density at radius 3 is 2.70 bits per heavy atom. The first kappa shape index (κ1) is 16.8. The number of phenols is 1. The molecule has 2 aromatic rings. The minimum atomic E-state index is -0.682. The molecule has 0 spiro atoms. The molecule has 0 heterocycles. The van der Waals surface area contributed by atoms with Crippen LogP contribution in [0, 0.1) is 6.92 Å². The fourth-order valence-electron chi connectivity index (χ4n) is 1.99. The molecule has 0 aliphatic rings. The summed E-state index contributed by atoms with van der Waals surface area (Å²) in [5.74, 6) is -1.33. The Morgan fingerprint density at radius 1 is 1.26 bits per heavy atom. The maximum absolute atomic E-state index is 12.3. The maximum atomic E-state index is 12.3. The lowest BCUT2D eigenvalue weighted by atomic mass is 10.1. The van der Waals surface area contributed by atoms with Crippen LogP contribution < -0.4 is 5.32 Å². The second kappa shape index (κ2) is 7.15. The molecule has 0 radical (unpaired) electrons. The number of phenolic OH excluding ortho intramolecular Hbond substituents is 1. The largest absolute Gasteiger partial charge is 0.507 e. The van der Waals surface area contributed by atoms with Crippen LogP contribution in [0.1, 0.15) is 33.2 Å². The van der Waals surface area contributed by atoms with E-state index >= 15 is 0 Å². The monoisotopic (exact) mass is 333 g/mol. The van der Waals surface area contributed by atoms with Gasteiger partial charge in [0.2, 0.25) is 0 Å². The Hall–Kier alpha value is -2.53. The fourth-order valence-corrected chi connectivity index (χ4v) is 2.16. The summed E-state index contributed by atoms with van der Waals surface area (Å²) in [5.41, 5.74) is 1.49. The molecule has 0 bridgehead atoms. The summed E-state index contributed by atoms with van der Waals surface area (Å²) in [5, 5.41) is 13.0. The van der Waals surface area contributed by atoms with E-state index in [9.17, 15) is 14.7 Å². The van der Waals surface area contributed by atoms with Gasteiger partial charge in [-0.05, 0) is 49.7 Å². The topological polar surface area (TPSA) is 75.6 Å². The third-order valence-corrected chi connectivity index (χ3v) is 3.68. The average Bonchev–Trinajstić information content (AvgIpc) is 2.52. The molecule has 2 N–H and O–H groups in total. The lowest BCUT2D eigenvalue weighted by Gasteiger charge is -2.11. The molecule has 2 rings (SSSR count). The molecule has 0 aliphatic carbocycles. The van der Waals surface area contributed by atoms with Gasteiger partial charge in [0, 0.05) is 16.3 Å². The standard InChI is InChI=1S/C17H16ClNO4/c1-3-23-17(22)12-9-11(7-8-15(12)20)16(21)19-14-6-4-5-13(18)10(14)2/h4-9,20H,3H2,1-2H3,(H,19,21). The number of ether oxygens (including phenoxy) is 1. The first-order valence-electron chi connectivity index (χ1n) is 7.00. The van der Waals surface area contributed by atoms with Gasteiger partial charge in [-0.1, -0.05) is 17.7 Å². The summed E-state index contributed by atoms with van der Waals surface area (Å²) in [4.78, 5) is 24.1. The van der Waals surface area contributed by atoms with Gasteiger partial charge in [-0.3, -0.25) is 4.79 Å². The van der Waals surface area contributed by atoms with Gasteiger partial charge in [-0.15, -0.1) is 0 Å². The van der Waals surface area contributed by atoms with Crippen LogP contribution in [0.25, 0.3) is 0 Å². The summed E-state index contributed by atoms with van der Waals surface area (Å²) in [6.45, 7) is 3.63. The van der Waals surface area contributed by atoms with Crippen molar-refractivity contribution in [1.29, 1.82) is 0 Å². The predicted octanol–water partition coefficient (Wildman–Crippen LogP) is 3.78. The molecule has 0 saturated heterocycles. The molecular formula is C17H16ClNO4. The van der Waals surface area contributed by atoms with Gasteiger partial charge < -0.3 is 15.2 Å². The number of halogens is 1. The Kier molecular flexibility index (Phi) is 5.24. The number of carbonyl (C=O) groups is 2. The van der Waals surface area contributed by atoms with E-state index in [4.69, 9.17) is 16.3 Å². The third kappa shape index (κ3) is 3.81. The minimum Gasteiger partial charge on any atom is -0.507 e. The molecule has 0 saturated carbocycles. The van der Waals surface area contributed by atoms with Crippen LogP contribution in [0.4, 0.5) is 5.69 Å². The van der Waals surface area contributed by atoms with Gasteiger partial charge in [0.25, 0.3) is 5.91 Å². The zero-order valence-corrected chi connectivity index (χ0v) is 13.5. The Morgan fingerprint density at radius 2 is 2.00 bits per heavy atom. The number of nitrogens with one attached hydrogen (secondary N) is 1. The van der Waals surface area contributed by atoms with Gasteiger partial charge in [0.15, 0.2) is 0 Å². The van der Waals surface area contributed by atoms with E-state index in [0.717, 1.165) is 5.56 Å². The van der Waals surface area contributed by atoms with Crippen LogP contribution in [-0.4, -0.2) is 23.6 Å². The van der Waals surface area contributed by atoms with E-state index in [0.29, 0.717) is 10.7 Å². The highest BCUT2D eigenvalue weighted by Crippen LogP contribution is 2.24. The third-order valence-electron chi connectivity index (χ3n) is 3.27. The van der Waals surface area contributed by atoms with Crippen LogP contribution in [0.3, 0.4) is 0 Å². The molecule has 120 valence electrons. The Balaban J connectivity index is 2.28. The zero-order chi connectivity index (χ0) is 17.0. The molecule has 2 aromatic carbocycles. The second-order valence-corrected chi connectivity index (χ2v) is 5.23. The number of aromatic hydroxyl groups is 1. The van der Waals surface area contributed by atoms with Gasteiger partial charge in [-0.2, -0.15) is 0 Å². The van der Waals surface area contributed by atoms with Crippen LogP contribution in [0.2, 0.25) is 5.02 Å². The molecule has 1 amide bonds. The van der Waals surface area contributed by atoms with Crippen LogP contribution in [-0.2, 0) is 4.74 Å². The van der Waals surface area contributed by atoms with Crippen LogP contribution in [0.5, 0.6) is 5.75 Å². The lowest BCUT2D eigenvalue weighted by molar-refractivity contribution is 0.0523. The number of hydrogen-bond acceptors (Lipinski definition) is 4. The highest BCUT2D eigenvalue weighted by molar-refractivity contribution is 6.31. The lowest BCUT2D eigenvalue weighted by Crippen LogP contribution is -2.14. The van der Waals surface area contributed by atoms with Crippen molar-refractivity contribution >= 4 is 29.2 Å². The number of carbonyl (C=O) groups excluding carboxylic acids is 2. The van der Waals surface area contributed by atoms with Crippen LogP contribution >= 0.6 is 11.6 Å². The maximum Gasteiger partial charge on any atom is 0.341 e. The summed E-state index contributed by atoms with van der Waals surface area (Å²) in [7, 11) is 0. The van der Waals surface area contributed by atoms with Crippen molar-refractivity contribution < 1.29 is 19.4 Å². The number of esters is 1. The zero-order valence-electron chi connectivity index (χ0n) is 12.7. The normalized spacial score (nSPS) is 10.2. The van der Waals surface area contributed by atoms with Crippen molar-refractivity contribution in [1.82, 2.24) is 0 Å². The van der Waals surface area contributed by atoms with E-state index in [1.54, 1.807) is 32.0 Å². The Bertz CT molecular complexity index is 758. The van der Waals surface area contributed by atoms with Crippen molar-refractivity contribution in [2.45, 2.75) is 13.8 Å². The second-order valence-electron chi connectivity index (χ2n) is 4.82. The van der Waals surface area contributed by atoms with Crippen molar-refractivity contribution in [3.63, 3.8) is 0 Å². The quantitative estimate of drug-likeness (QED) is 0.835. The van der Waals surface area contributed by atoms with E-state index in [-0.39, 0.29) is 23.5 Å². The van der Waals surface area contributed by atoms with E-state index in [1.165, 1.54) is 18.2 Å².